The molecule has 0 aromatic heterocycles. The van der Waals surface area contributed by atoms with Crippen LogP contribution in [-0.4, -0.2) is 11.9 Å². The first kappa shape index (κ1) is 17.3. The van der Waals surface area contributed by atoms with Crippen LogP contribution in [-0.2, 0) is 0 Å². The number of allylic oxidation sites excluding steroid dienone is 1. The highest BCUT2D eigenvalue weighted by Gasteiger charge is 2.26. The Labute approximate surface area is 167 Å². The fraction of sp³-hybridized carbons (Fsp3) is 0.167. The van der Waals surface area contributed by atoms with Crippen molar-refractivity contribution in [3.8, 4) is 5.75 Å². The average Bonchev–Trinajstić information content (AvgIpc) is 2.79. The van der Waals surface area contributed by atoms with Crippen LogP contribution in [0.1, 0.15) is 29.8 Å². The van der Waals surface area contributed by atoms with Gasteiger partial charge in [-0.05, 0) is 89.4 Å². The van der Waals surface area contributed by atoms with Crippen molar-refractivity contribution in [1.82, 2.24) is 0 Å². The van der Waals surface area contributed by atoms with Gasteiger partial charge in [0, 0.05) is 19.6 Å². The molecular formula is C18H14I2O2S. The summed E-state index contributed by atoms with van der Waals surface area (Å²) in [5.41, 5.74) is 1.74. The summed E-state index contributed by atoms with van der Waals surface area (Å²) in [5, 5.41) is 0. The van der Waals surface area contributed by atoms with Crippen LogP contribution in [0.5, 0.6) is 5.75 Å². The van der Waals surface area contributed by atoms with E-state index in [0.29, 0.717) is 0 Å². The molecule has 0 saturated carbocycles. The highest BCUT2D eigenvalue weighted by molar-refractivity contribution is 14.1. The maximum absolute atomic E-state index is 12.6. The Kier molecular flexibility index (Phi) is 5.37. The molecule has 0 N–H and O–H groups in total. The lowest BCUT2D eigenvalue weighted by molar-refractivity contribution is 0.104. The standard InChI is InChI=1S/C18H14I2O2S/c1-10(2)22-18-11(7-12(19)9-14(18)20)8-16-17(21)13-5-3-4-6-15(13)23-16/h3-10H,1-2H3. The van der Waals surface area contributed by atoms with E-state index in [-0.39, 0.29) is 11.9 Å². The van der Waals surface area contributed by atoms with Gasteiger partial charge in [-0.2, -0.15) is 0 Å². The molecular weight excluding hydrogens is 534 g/mol. The summed E-state index contributed by atoms with van der Waals surface area (Å²) in [6.07, 6.45) is 2.04. The van der Waals surface area contributed by atoms with Crippen molar-refractivity contribution in [3.63, 3.8) is 0 Å². The number of hydrogen-bond donors (Lipinski definition) is 0. The van der Waals surface area contributed by atoms with Gasteiger partial charge in [-0.15, -0.1) is 0 Å². The predicted octanol–water partition coefficient (Wildman–Crippen LogP) is 6.01. The van der Waals surface area contributed by atoms with Gasteiger partial charge in [0.1, 0.15) is 5.75 Å². The SMILES string of the molecule is CC(C)Oc1c(I)cc(I)cc1C=C1Sc2ccccc2C1=O. The number of carbonyl (C=O) groups excluding carboxylic acids is 1. The minimum atomic E-state index is 0.0878. The van der Waals surface area contributed by atoms with E-state index < -0.39 is 0 Å². The number of benzene rings is 2. The first-order chi connectivity index (χ1) is 11.0. The minimum absolute atomic E-state index is 0.0878. The number of ketones is 1. The van der Waals surface area contributed by atoms with Crippen LogP contribution in [0, 0.1) is 7.14 Å². The molecule has 118 valence electrons. The molecule has 0 unspecified atom stereocenters. The molecule has 23 heavy (non-hydrogen) atoms. The summed E-state index contributed by atoms with van der Waals surface area (Å²) in [4.78, 5) is 14.3. The van der Waals surface area contributed by atoms with Crippen LogP contribution in [0.25, 0.3) is 6.08 Å². The Morgan fingerprint density at radius 3 is 2.61 bits per heavy atom. The van der Waals surface area contributed by atoms with Crippen molar-refractivity contribution in [2.75, 3.05) is 0 Å². The number of hydrogen-bond acceptors (Lipinski definition) is 3. The molecule has 0 amide bonds. The van der Waals surface area contributed by atoms with Crippen LogP contribution >= 0.6 is 56.9 Å². The molecule has 0 bridgehead atoms. The van der Waals surface area contributed by atoms with Crippen LogP contribution in [0.2, 0.25) is 0 Å². The minimum Gasteiger partial charge on any atom is -0.489 e. The molecule has 1 heterocycles. The highest BCUT2D eigenvalue weighted by Crippen LogP contribution is 2.42. The third-order valence-electron chi connectivity index (χ3n) is 3.25. The summed E-state index contributed by atoms with van der Waals surface area (Å²) in [5.74, 6) is 0.938. The molecule has 0 spiro atoms. The van der Waals surface area contributed by atoms with E-state index in [0.717, 1.165) is 33.8 Å². The van der Waals surface area contributed by atoms with Gasteiger partial charge in [-0.3, -0.25) is 4.79 Å². The predicted molar refractivity (Wildman–Crippen MR) is 112 cm³/mol. The molecule has 1 aliphatic rings. The summed E-state index contributed by atoms with van der Waals surface area (Å²) in [6.45, 7) is 4.02. The smallest absolute Gasteiger partial charge is 0.200 e. The molecule has 1 aliphatic heterocycles. The van der Waals surface area contributed by atoms with Crippen molar-refractivity contribution in [2.24, 2.45) is 0 Å². The molecule has 2 nitrogen and oxygen atoms in total. The number of ether oxygens (including phenoxy) is 1. The summed E-state index contributed by atoms with van der Waals surface area (Å²) < 4.78 is 8.16. The number of fused-ring (bicyclic) bond motifs is 1. The van der Waals surface area contributed by atoms with E-state index in [9.17, 15) is 4.79 Å². The molecule has 0 fully saturated rings. The van der Waals surface area contributed by atoms with Gasteiger partial charge in [0.15, 0.2) is 0 Å². The molecule has 2 aromatic carbocycles. The molecule has 0 aliphatic carbocycles. The van der Waals surface area contributed by atoms with Gasteiger partial charge in [-0.1, -0.05) is 23.9 Å². The fourth-order valence-electron chi connectivity index (χ4n) is 2.32. The monoisotopic (exact) mass is 548 g/mol. The highest BCUT2D eigenvalue weighted by atomic mass is 127. The molecule has 0 atom stereocenters. The molecule has 0 radical (unpaired) electrons. The quantitative estimate of drug-likeness (QED) is 0.347. The van der Waals surface area contributed by atoms with Crippen LogP contribution in [0.15, 0.2) is 46.2 Å². The van der Waals surface area contributed by atoms with Gasteiger partial charge < -0.3 is 4.74 Å². The van der Waals surface area contributed by atoms with E-state index >= 15 is 0 Å². The van der Waals surface area contributed by atoms with Gasteiger partial charge in [-0.25, -0.2) is 0 Å². The molecule has 3 rings (SSSR count). The number of halogens is 2. The van der Waals surface area contributed by atoms with E-state index in [2.05, 4.69) is 57.3 Å². The van der Waals surface area contributed by atoms with Crippen LogP contribution in [0.4, 0.5) is 0 Å². The second-order valence-electron chi connectivity index (χ2n) is 5.41. The Morgan fingerprint density at radius 2 is 1.91 bits per heavy atom. The van der Waals surface area contributed by atoms with Gasteiger partial charge in [0.05, 0.1) is 14.6 Å². The van der Waals surface area contributed by atoms with Gasteiger partial charge in [0.2, 0.25) is 5.78 Å². The lowest BCUT2D eigenvalue weighted by Crippen LogP contribution is -2.08. The molecule has 0 saturated heterocycles. The van der Waals surface area contributed by atoms with Crippen molar-refractivity contribution in [1.29, 1.82) is 0 Å². The normalized spacial score (nSPS) is 15.3. The topological polar surface area (TPSA) is 26.3 Å². The van der Waals surface area contributed by atoms with Gasteiger partial charge >= 0.3 is 0 Å². The first-order valence-electron chi connectivity index (χ1n) is 7.14. The molecule has 5 heteroatoms. The van der Waals surface area contributed by atoms with E-state index in [1.807, 2.05) is 44.2 Å². The van der Waals surface area contributed by atoms with Crippen molar-refractivity contribution in [2.45, 2.75) is 24.8 Å². The second kappa shape index (κ2) is 7.14. The Balaban J connectivity index is 2.05. The number of carbonyl (C=O) groups is 1. The van der Waals surface area contributed by atoms with E-state index in [1.54, 1.807) is 0 Å². The lowest BCUT2D eigenvalue weighted by atomic mass is 10.1. The van der Waals surface area contributed by atoms with Crippen molar-refractivity contribution < 1.29 is 9.53 Å². The van der Waals surface area contributed by atoms with E-state index in [1.165, 1.54) is 11.8 Å². The van der Waals surface area contributed by atoms with Crippen LogP contribution in [0.3, 0.4) is 0 Å². The zero-order chi connectivity index (χ0) is 16.6. The van der Waals surface area contributed by atoms with Gasteiger partial charge in [0.25, 0.3) is 0 Å². The largest absolute Gasteiger partial charge is 0.489 e. The second-order valence-corrected chi connectivity index (χ2v) is 8.90. The summed E-state index contributed by atoms with van der Waals surface area (Å²) in [7, 11) is 0. The number of Topliss-reactive ketones (excluding diaryl/α,β-unsaturated/α-hetero) is 1. The van der Waals surface area contributed by atoms with E-state index in [4.69, 9.17) is 4.74 Å². The van der Waals surface area contributed by atoms with Crippen molar-refractivity contribution in [3.05, 3.63) is 59.6 Å². The Hall–Kier alpha value is -0.540. The Bertz CT molecular complexity index is 813. The number of rotatable bonds is 3. The Morgan fingerprint density at radius 1 is 1.17 bits per heavy atom. The summed E-state index contributed by atoms with van der Waals surface area (Å²) >= 11 is 6.11. The maximum atomic E-state index is 12.6. The number of thioether (sulfide) groups is 1. The average molecular weight is 548 g/mol. The van der Waals surface area contributed by atoms with Crippen molar-refractivity contribution >= 4 is 68.8 Å². The zero-order valence-corrected chi connectivity index (χ0v) is 17.7. The fourth-order valence-corrected chi connectivity index (χ4v) is 5.38. The third kappa shape index (κ3) is 3.76. The lowest BCUT2D eigenvalue weighted by Gasteiger charge is -2.15. The maximum Gasteiger partial charge on any atom is 0.200 e. The summed E-state index contributed by atoms with van der Waals surface area (Å²) in [6, 6.07) is 11.9. The first-order valence-corrected chi connectivity index (χ1v) is 10.1. The van der Waals surface area contributed by atoms with Crippen LogP contribution < -0.4 is 4.74 Å². The zero-order valence-electron chi connectivity index (χ0n) is 12.6. The third-order valence-corrected chi connectivity index (χ3v) is 5.78. The molecule has 2 aromatic rings.